The quantitative estimate of drug-likeness (QED) is 0.0173. The van der Waals surface area contributed by atoms with Gasteiger partial charge < -0.3 is 58.4 Å². The van der Waals surface area contributed by atoms with Crippen molar-refractivity contribution >= 4 is 71.0 Å². The molecule has 2 aliphatic heterocycles. The van der Waals surface area contributed by atoms with E-state index in [9.17, 15) is 53.1 Å². The number of nitrogens with one attached hydrogen (secondary N) is 10. The highest BCUT2D eigenvalue weighted by atomic mass is 32.2. The zero-order valence-corrected chi connectivity index (χ0v) is 39.0. The van der Waals surface area contributed by atoms with E-state index < -0.39 is 104 Å². The monoisotopic (exact) mass is 984 g/mol. The molecule has 0 spiro atoms. The summed E-state index contributed by atoms with van der Waals surface area (Å²) in [5.74, 6) is -7.25. The first-order valence-corrected chi connectivity index (χ1v) is 24.0. The Kier molecular flexibility index (Phi) is 23.2. The Bertz CT molecular complexity index is 2060. The molecule has 2 aromatic rings. The van der Waals surface area contributed by atoms with Crippen LogP contribution in [0.4, 0.5) is 4.79 Å². The van der Waals surface area contributed by atoms with Crippen molar-refractivity contribution in [3.05, 3.63) is 54.1 Å². The maximum atomic E-state index is 13.7. The number of unbranched alkanes of at least 4 members (excludes halogenated alkanes) is 2. The molecule has 0 saturated carbocycles. The first-order chi connectivity index (χ1) is 33.1. The Morgan fingerprint density at radius 1 is 0.754 bits per heavy atom. The maximum Gasteiger partial charge on any atom is 0.315 e. The third-order valence-electron chi connectivity index (χ3n) is 11.6. The van der Waals surface area contributed by atoms with E-state index in [0.29, 0.717) is 56.0 Å². The number of amides is 10. The smallest absolute Gasteiger partial charge is 0.315 e. The second-order valence-electron chi connectivity index (χ2n) is 16.9. The van der Waals surface area contributed by atoms with Gasteiger partial charge in [-0.25, -0.2) is 15.3 Å². The highest BCUT2D eigenvalue weighted by molar-refractivity contribution is 8.00. The molecule has 25 heteroatoms. The van der Waals surface area contributed by atoms with Gasteiger partial charge in [-0.2, -0.15) is 11.8 Å². The van der Waals surface area contributed by atoms with E-state index in [1.165, 1.54) is 18.0 Å². The van der Waals surface area contributed by atoms with Crippen molar-refractivity contribution in [3.8, 4) is 0 Å². The van der Waals surface area contributed by atoms with Gasteiger partial charge in [0.15, 0.2) is 0 Å². The van der Waals surface area contributed by atoms with Gasteiger partial charge in [0, 0.05) is 61.0 Å². The van der Waals surface area contributed by atoms with E-state index in [2.05, 4.69) is 52.5 Å². The fraction of sp³-hybridized carbons (Fsp3) is 0.568. The fourth-order valence-corrected chi connectivity index (χ4v) is 9.39. The molecule has 1 aromatic heterocycles. The minimum absolute atomic E-state index is 0.0981. The lowest BCUT2D eigenvalue weighted by Crippen LogP contribution is -2.56. The highest BCUT2D eigenvalue weighted by Gasteiger charge is 2.42. The number of primary amides is 1. The number of fused-ring (bicyclic) bond motifs is 1. The van der Waals surface area contributed by atoms with Crippen molar-refractivity contribution in [1.82, 2.24) is 58.0 Å². The maximum absolute atomic E-state index is 13.7. The van der Waals surface area contributed by atoms with Crippen LogP contribution in [0.15, 0.2) is 42.9 Å². The topological polar surface area (TPSA) is 374 Å². The predicted octanol–water partition coefficient (Wildman–Crippen LogP) is -1.46. The summed E-state index contributed by atoms with van der Waals surface area (Å²) in [6, 6.07) is 5.58. The zero-order valence-electron chi connectivity index (χ0n) is 38.2. The molecule has 2 saturated heterocycles. The van der Waals surface area contributed by atoms with Crippen LogP contribution < -0.4 is 53.7 Å². The van der Waals surface area contributed by atoms with Crippen molar-refractivity contribution < 1.29 is 58.3 Å². The van der Waals surface area contributed by atoms with E-state index in [1.807, 2.05) is 42.1 Å². The fourth-order valence-electron chi connectivity index (χ4n) is 7.84. The number of imidazole rings is 1. The molecule has 7 atom stereocenters. The molecule has 10 amide bonds. The van der Waals surface area contributed by atoms with Crippen molar-refractivity contribution in [2.75, 3.05) is 25.4 Å². The van der Waals surface area contributed by atoms with Gasteiger partial charge in [-0.05, 0) is 63.4 Å². The Balaban J connectivity index is 1.20. The van der Waals surface area contributed by atoms with Crippen molar-refractivity contribution in [1.29, 1.82) is 0 Å². The molecule has 0 bridgehead atoms. The second kappa shape index (κ2) is 29.2. The van der Waals surface area contributed by atoms with Gasteiger partial charge in [0.25, 0.3) is 0 Å². The number of thioether (sulfide) groups is 1. The molecule has 3 heterocycles. The number of aromatic nitrogens is 2. The number of hydroxylamine groups is 1. The number of H-pyrrole nitrogens is 1. The Labute approximate surface area is 402 Å². The van der Waals surface area contributed by atoms with E-state index in [4.69, 9.17) is 10.9 Å². The molecule has 1 unspecified atom stereocenters. The van der Waals surface area contributed by atoms with Gasteiger partial charge in [-0.15, -0.1) is 0 Å². The number of aryl methyl sites for hydroxylation is 1. The lowest BCUT2D eigenvalue weighted by atomic mass is 9.94. The predicted molar refractivity (Wildman–Crippen MR) is 248 cm³/mol. The molecule has 24 nitrogen and oxygen atoms in total. The summed E-state index contributed by atoms with van der Waals surface area (Å²) in [6.07, 6.45) is 6.32. The molecule has 1 aromatic carbocycles. The molecule has 0 aliphatic carbocycles. The number of benzene rings is 1. The summed E-state index contributed by atoms with van der Waals surface area (Å²) in [6.45, 7) is -0.869. The summed E-state index contributed by atoms with van der Waals surface area (Å²) >= 11 is 1.82. The van der Waals surface area contributed by atoms with Crippen LogP contribution in [-0.4, -0.2) is 140 Å². The lowest BCUT2D eigenvalue weighted by molar-refractivity contribution is -0.139. The average Bonchev–Trinajstić information content (AvgIpc) is 4.07. The number of nitrogens with zero attached hydrogens (tertiary/aromatic N) is 1. The lowest BCUT2D eigenvalue weighted by Gasteiger charge is -2.24. The number of carbonyl (C=O) groups is 10. The van der Waals surface area contributed by atoms with Crippen molar-refractivity contribution in [2.24, 2.45) is 11.7 Å². The van der Waals surface area contributed by atoms with E-state index in [1.54, 1.807) is 0 Å². The van der Waals surface area contributed by atoms with Gasteiger partial charge >= 0.3 is 12.0 Å². The van der Waals surface area contributed by atoms with Gasteiger partial charge in [0.1, 0.15) is 18.1 Å². The number of carboxylic acid groups (broad SMARTS) is 1. The number of nitrogens with two attached hydrogens (primary N) is 1. The molecule has 69 heavy (non-hydrogen) atoms. The summed E-state index contributed by atoms with van der Waals surface area (Å²) in [5.41, 5.74) is 8.37. The number of carbonyl (C=O) groups excluding carboxylic acids is 9. The normalized spacial score (nSPS) is 17.6. The van der Waals surface area contributed by atoms with Crippen LogP contribution in [0.3, 0.4) is 0 Å². The van der Waals surface area contributed by atoms with Crippen LogP contribution in [0, 0.1) is 5.92 Å². The van der Waals surface area contributed by atoms with E-state index in [0.717, 1.165) is 24.2 Å². The minimum Gasteiger partial charge on any atom is -0.481 e. The van der Waals surface area contributed by atoms with Crippen LogP contribution in [0.2, 0.25) is 0 Å². The summed E-state index contributed by atoms with van der Waals surface area (Å²) < 4.78 is 0. The van der Waals surface area contributed by atoms with Crippen LogP contribution in [-0.2, 0) is 56.0 Å². The van der Waals surface area contributed by atoms with Crippen LogP contribution >= 0.6 is 11.8 Å². The zero-order chi connectivity index (χ0) is 50.1. The SMILES string of the molecule is NC(=O)[C@H](CCCCNC(=O)CCCC[C@@H]1SC[C@@H]2NC(=O)N[C@@H]21)NC(=O)CNC(=O)CNC(=O)[C@H](Cc1cnc[nH]1)NC(=O)[C@H](CCC(=O)O)NC(=O)C(CCCc1ccccc1)CC(=O)NO. The third kappa shape index (κ3) is 20.2. The van der Waals surface area contributed by atoms with E-state index in [-0.39, 0.29) is 43.3 Å². The number of aliphatic carboxylic acids is 1. The number of rotatable bonds is 32. The number of hydrogen-bond donors (Lipinski definition) is 13. The summed E-state index contributed by atoms with van der Waals surface area (Å²) in [4.78, 5) is 132. The third-order valence-corrected chi connectivity index (χ3v) is 13.1. The Hall–Kier alpha value is -6.76. The average molecular weight is 985 g/mol. The van der Waals surface area contributed by atoms with E-state index >= 15 is 0 Å². The first-order valence-electron chi connectivity index (χ1n) is 23.0. The highest BCUT2D eigenvalue weighted by Crippen LogP contribution is 2.33. The Morgan fingerprint density at radius 3 is 2.22 bits per heavy atom. The number of hydrogen-bond acceptors (Lipinski definition) is 13. The molecular weight excluding hydrogens is 921 g/mol. The molecule has 14 N–H and O–H groups in total. The molecule has 2 fully saturated rings. The van der Waals surface area contributed by atoms with Crippen LogP contribution in [0.25, 0.3) is 0 Å². The molecule has 378 valence electrons. The standard InChI is InChI=1S/C44H64N12O12S/c45-40(63)29(13-6-7-18-47-34(57)15-5-4-14-33-39-32(24-69-33)54-44(67)55-39)51-37(60)23-48-36(59)22-49-42(65)31(20-28-21-46-25-50-28)53-43(66)30(16-17-38(61)62)52-41(64)27(19-35(58)56-68)12-8-11-26-9-2-1-3-10-26/h1-3,9-10,21,25,27,29-33,39,68H,4-8,11-20,22-24H2,(H2,45,63)(H,46,50)(H,47,57)(H,48,59)(H,49,65)(H,51,60)(H,52,64)(H,53,66)(H,56,58)(H,61,62)(H2,54,55,67)/t27?,29-,30-,31-,32-,33-,39-/m0/s1. The summed E-state index contributed by atoms with van der Waals surface area (Å²) in [7, 11) is 0. The van der Waals surface area contributed by atoms with Crippen LogP contribution in [0.1, 0.15) is 88.3 Å². The second-order valence-corrected chi connectivity index (χ2v) is 18.2. The first kappa shape index (κ1) is 54.8. The van der Waals surface area contributed by atoms with Crippen molar-refractivity contribution in [2.45, 2.75) is 125 Å². The molecular formula is C44H64N12O12S. The van der Waals surface area contributed by atoms with Gasteiger partial charge in [-0.1, -0.05) is 36.8 Å². The molecule has 2 aliphatic rings. The minimum atomic E-state index is -1.48. The number of urea groups is 1. The number of carboxylic acids is 1. The molecule has 0 radical (unpaired) electrons. The van der Waals surface area contributed by atoms with Gasteiger partial charge in [0.2, 0.25) is 47.3 Å². The van der Waals surface area contributed by atoms with Gasteiger partial charge in [0.05, 0.1) is 31.5 Å². The van der Waals surface area contributed by atoms with Crippen molar-refractivity contribution in [3.63, 3.8) is 0 Å². The Morgan fingerprint density at radius 2 is 1.51 bits per heavy atom. The number of aromatic amines is 1. The summed E-state index contributed by atoms with van der Waals surface area (Å²) in [5, 5.41) is 39.8. The van der Waals surface area contributed by atoms with Crippen LogP contribution in [0.5, 0.6) is 0 Å². The van der Waals surface area contributed by atoms with Gasteiger partial charge in [-0.3, -0.25) is 48.4 Å². The largest absolute Gasteiger partial charge is 0.481 e. The molecule has 4 rings (SSSR count).